The standard InChI is InChI=1S/C7H8O.H2O3Se/c1-8-7-5-3-2-4-6-7;1-4(2)3/h2-6H,1H3;(H2,1,2,3). The summed E-state index contributed by atoms with van der Waals surface area (Å²) in [6.45, 7) is 0. The summed E-state index contributed by atoms with van der Waals surface area (Å²) < 4.78 is 28.0. The predicted octanol–water partition coefficient (Wildman–Crippen LogP) is 0.0816. The Kier molecular flexibility index (Phi) is 6.51. The van der Waals surface area contributed by atoms with Crippen LogP contribution in [0.2, 0.25) is 0 Å². The Labute approximate surface area is 75.2 Å². The second kappa shape index (κ2) is 6.94. The molecule has 0 atom stereocenters. The van der Waals surface area contributed by atoms with Crippen molar-refractivity contribution in [1.82, 2.24) is 0 Å². The molecule has 1 rings (SSSR count). The van der Waals surface area contributed by atoms with E-state index >= 15 is 0 Å². The van der Waals surface area contributed by atoms with E-state index in [1.165, 1.54) is 0 Å². The molecule has 0 amide bonds. The average molecular weight is 237 g/mol. The second-order valence-corrected chi connectivity index (χ2v) is 2.72. The van der Waals surface area contributed by atoms with Crippen LogP contribution in [-0.4, -0.2) is 30.0 Å². The van der Waals surface area contributed by atoms with Crippen molar-refractivity contribution in [2.24, 2.45) is 0 Å². The van der Waals surface area contributed by atoms with Gasteiger partial charge in [0.15, 0.2) is 0 Å². The quantitative estimate of drug-likeness (QED) is 0.679. The molecule has 2 N–H and O–H groups in total. The van der Waals surface area contributed by atoms with Gasteiger partial charge in [-0.2, -0.15) is 0 Å². The van der Waals surface area contributed by atoms with Gasteiger partial charge in [-0.05, 0) is 12.1 Å². The molecule has 0 saturated heterocycles. The molecular formula is C7H10O4Se. The van der Waals surface area contributed by atoms with Crippen LogP contribution in [0.25, 0.3) is 0 Å². The van der Waals surface area contributed by atoms with Gasteiger partial charge in [-0.25, -0.2) is 0 Å². The van der Waals surface area contributed by atoms with Gasteiger partial charge in [-0.3, -0.25) is 0 Å². The van der Waals surface area contributed by atoms with E-state index in [1.807, 2.05) is 30.3 Å². The zero-order valence-electron chi connectivity index (χ0n) is 6.51. The zero-order chi connectivity index (χ0) is 9.40. The summed E-state index contributed by atoms with van der Waals surface area (Å²) in [5, 5.41) is 0. The number of para-hydroxylation sites is 1. The van der Waals surface area contributed by atoms with Gasteiger partial charge in [0.25, 0.3) is 0 Å². The van der Waals surface area contributed by atoms with E-state index in [-0.39, 0.29) is 0 Å². The van der Waals surface area contributed by atoms with Crippen molar-refractivity contribution in [2.45, 2.75) is 0 Å². The second-order valence-electron chi connectivity index (χ2n) is 1.75. The van der Waals surface area contributed by atoms with Crippen LogP contribution in [-0.2, 0) is 3.83 Å². The summed E-state index contributed by atoms with van der Waals surface area (Å²) in [7, 11) is 1.66. The minimum atomic E-state index is -3.29. The Morgan fingerprint density at radius 3 is 1.92 bits per heavy atom. The first-order valence-electron chi connectivity index (χ1n) is 3.05. The molecule has 0 spiro atoms. The van der Waals surface area contributed by atoms with Crippen LogP contribution < -0.4 is 4.74 Å². The minimum absolute atomic E-state index is 0.910. The molecule has 5 heteroatoms. The van der Waals surface area contributed by atoms with Gasteiger partial charge < -0.3 is 4.74 Å². The Morgan fingerprint density at radius 2 is 1.67 bits per heavy atom. The molecule has 0 aliphatic carbocycles. The van der Waals surface area contributed by atoms with Gasteiger partial charge in [0.1, 0.15) is 5.75 Å². The topological polar surface area (TPSA) is 66.8 Å². The number of methoxy groups -OCH3 is 1. The van der Waals surface area contributed by atoms with Crippen LogP contribution in [0.3, 0.4) is 0 Å². The number of rotatable bonds is 1. The van der Waals surface area contributed by atoms with Gasteiger partial charge >= 0.3 is 26.7 Å². The Morgan fingerprint density at radius 1 is 1.25 bits per heavy atom. The average Bonchev–Trinajstić information content (AvgIpc) is 2.05. The van der Waals surface area contributed by atoms with Crippen LogP contribution in [0, 0.1) is 0 Å². The van der Waals surface area contributed by atoms with E-state index in [0.29, 0.717) is 0 Å². The van der Waals surface area contributed by atoms with Crippen molar-refractivity contribution in [2.75, 3.05) is 7.11 Å². The molecule has 0 heterocycles. The van der Waals surface area contributed by atoms with Crippen LogP contribution >= 0.6 is 0 Å². The fraction of sp³-hybridized carbons (Fsp3) is 0.143. The number of hydrogen-bond acceptors (Lipinski definition) is 2. The van der Waals surface area contributed by atoms with Crippen molar-refractivity contribution in [3.63, 3.8) is 0 Å². The van der Waals surface area contributed by atoms with E-state index in [9.17, 15) is 0 Å². The third kappa shape index (κ3) is 7.37. The Balaban J connectivity index is 0.000000261. The molecule has 0 saturated carbocycles. The molecule has 1 aromatic carbocycles. The zero-order valence-corrected chi connectivity index (χ0v) is 8.22. The third-order valence-corrected chi connectivity index (χ3v) is 0.979. The molecule has 0 aliphatic heterocycles. The van der Waals surface area contributed by atoms with Crippen LogP contribution in [0.5, 0.6) is 5.75 Å². The van der Waals surface area contributed by atoms with Crippen molar-refractivity contribution in [3.05, 3.63) is 30.3 Å². The molecule has 68 valence electrons. The number of hydrogen-bond donors (Lipinski definition) is 2. The Bertz CT molecular complexity index is 220. The fourth-order valence-corrected chi connectivity index (χ4v) is 0.557. The summed E-state index contributed by atoms with van der Waals surface area (Å²) in [5.74, 6) is 0.910. The summed E-state index contributed by atoms with van der Waals surface area (Å²) in [6, 6.07) is 9.68. The molecule has 0 aliphatic rings. The fourth-order valence-electron chi connectivity index (χ4n) is 0.557. The van der Waals surface area contributed by atoms with E-state index < -0.39 is 14.5 Å². The van der Waals surface area contributed by atoms with Crippen molar-refractivity contribution >= 4 is 14.5 Å². The summed E-state index contributed by atoms with van der Waals surface area (Å²) >= 11 is -3.29. The van der Waals surface area contributed by atoms with Crippen LogP contribution in [0.1, 0.15) is 0 Å². The maximum atomic E-state index is 8.76. The molecule has 4 nitrogen and oxygen atoms in total. The normalized spacial score (nSPS) is 8.67. The molecule has 1 aromatic rings. The van der Waals surface area contributed by atoms with E-state index in [1.54, 1.807) is 7.11 Å². The summed E-state index contributed by atoms with van der Waals surface area (Å²) in [4.78, 5) is 0. The SMILES string of the molecule is COc1ccccc1.O=[Se](O)O. The van der Waals surface area contributed by atoms with Crippen molar-refractivity contribution < 1.29 is 16.9 Å². The van der Waals surface area contributed by atoms with E-state index in [0.717, 1.165) is 5.75 Å². The van der Waals surface area contributed by atoms with Crippen LogP contribution in [0.15, 0.2) is 30.3 Å². The molecule has 0 unspecified atom stereocenters. The number of ether oxygens (including phenoxy) is 1. The molecule has 0 fully saturated rings. The van der Waals surface area contributed by atoms with E-state index in [4.69, 9.17) is 16.9 Å². The monoisotopic (exact) mass is 238 g/mol. The predicted molar refractivity (Wildman–Crippen MR) is 43.9 cm³/mol. The third-order valence-electron chi connectivity index (χ3n) is 0.979. The summed E-state index contributed by atoms with van der Waals surface area (Å²) in [5.41, 5.74) is 0. The van der Waals surface area contributed by atoms with Gasteiger partial charge in [0, 0.05) is 0 Å². The van der Waals surface area contributed by atoms with Crippen molar-refractivity contribution in [1.29, 1.82) is 0 Å². The Hall–Kier alpha value is -0.741. The summed E-state index contributed by atoms with van der Waals surface area (Å²) in [6.07, 6.45) is 0. The van der Waals surface area contributed by atoms with Gasteiger partial charge in [-0.15, -0.1) is 0 Å². The van der Waals surface area contributed by atoms with Gasteiger partial charge in [-0.1, -0.05) is 18.2 Å². The maximum absolute atomic E-state index is 8.76. The van der Waals surface area contributed by atoms with Gasteiger partial charge in [0.2, 0.25) is 0 Å². The van der Waals surface area contributed by atoms with Gasteiger partial charge in [0.05, 0.1) is 7.11 Å². The molecular weight excluding hydrogens is 227 g/mol. The van der Waals surface area contributed by atoms with Crippen LogP contribution in [0.4, 0.5) is 0 Å². The van der Waals surface area contributed by atoms with Crippen molar-refractivity contribution in [3.8, 4) is 5.75 Å². The first kappa shape index (κ1) is 11.3. The number of benzene rings is 1. The first-order chi connectivity index (χ1) is 5.66. The molecule has 0 radical (unpaired) electrons. The first-order valence-corrected chi connectivity index (χ1v) is 5.29. The molecule has 0 aromatic heterocycles. The molecule has 0 bridgehead atoms. The van der Waals surface area contributed by atoms with E-state index in [2.05, 4.69) is 0 Å². The molecule has 12 heavy (non-hydrogen) atoms.